The number of amides is 2. The van der Waals surface area contributed by atoms with Crippen LogP contribution in [0.5, 0.6) is 11.5 Å². The maximum Gasteiger partial charge on any atom is 0.315 e. The zero-order valence-corrected chi connectivity index (χ0v) is 15.6. The third-order valence-electron chi connectivity index (χ3n) is 4.85. The van der Waals surface area contributed by atoms with Crippen LogP contribution in [0.15, 0.2) is 42.5 Å². The SMILES string of the molecule is COc1ccc(CCNC(=O)NC2(c3ccc(C)cc3)CC2)cc1OC. The summed E-state index contributed by atoms with van der Waals surface area (Å²) in [7, 11) is 3.23. The first-order valence-electron chi connectivity index (χ1n) is 8.90. The normalized spacial score (nSPS) is 14.4. The number of rotatable bonds is 7. The van der Waals surface area contributed by atoms with Crippen molar-refractivity contribution in [3.05, 3.63) is 59.2 Å². The monoisotopic (exact) mass is 354 g/mol. The molecule has 3 rings (SSSR count). The van der Waals surface area contributed by atoms with E-state index in [0.29, 0.717) is 18.0 Å². The second-order valence-electron chi connectivity index (χ2n) is 6.77. The topological polar surface area (TPSA) is 59.6 Å². The highest BCUT2D eigenvalue weighted by atomic mass is 16.5. The van der Waals surface area contributed by atoms with Crippen molar-refractivity contribution in [2.75, 3.05) is 20.8 Å². The molecule has 2 N–H and O–H groups in total. The van der Waals surface area contributed by atoms with E-state index in [1.807, 2.05) is 18.2 Å². The molecule has 0 aliphatic heterocycles. The van der Waals surface area contributed by atoms with Crippen molar-refractivity contribution in [3.8, 4) is 11.5 Å². The molecule has 0 unspecified atom stereocenters. The smallest absolute Gasteiger partial charge is 0.315 e. The summed E-state index contributed by atoms with van der Waals surface area (Å²) in [5.74, 6) is 1.40. The molecule has 0 radical (unpaired) electrons. The van der Waals surface area contributed by atoms with Crippen molar-refractivity contribution >= 4 is 6.03 Å². The summed E-state index contributed by atoms with van der Waals surface area (Å²) >= 11 is 0. The zero-order valence-electron chi connectivity index (χ0n) is 15.6. The largest absolute Gasteiger partial charge is 0.493 e. The molecule has 1 fully saturated rings. The van der Waals surface area contributed by atoms with E-state index in [2.05, 4.69) is 41.8 Å². The van der Waals surface area contributed by atoms with Crippen molar-refractivity contribution in [1.29, 1.82) is 0 Å². The number of urea groups is 1. The lowest BCUT2D eigenvalue weighted by molar-refractivity contribution is 0.236. The lowest BCUT2D eigenvalue weighted by Crippen LogP contribution is -2.42. The Morgan fingerprint density at radius 3 is 2.35 bits per heavy atom. The molecule has 0 saturated heterocycles. The van der Waals surface area contributed by atoms with Gasteiger partial charge in [-0.3, -0.25) is 0 Å². The van der Waals surface area contributed by atoms with Crippen LogP contribution in [0.25, 0.3) is 0 Å². The summed E-state index contributed by atoms with van der Waals surface area (Å²) in [4.78, 5) is 12.3. The maximum absolute atomic E-state index is 12.3. The number of hydrogen-bond donors (Lipinski definition) is 2. The first-order valence-corrected chi connectivity index (χ1v) is 8.90. The van der Waals surface area contributed by atoms with Gasteiger partial charge in [-0.2, -0.15) is 0 Å². The Morgan fingerprint density at radius 2 is 1.73 bits per heavy atom. The van der Waals surface area contributed by atoms with Crippen molar-refractivity contribution in [1.82, 2.24) is 10.6 Å². The van der Waals surface area contributed by atoms with Crippen LogP contribution in [0.2, 0.25) is 0 Å². The molecule has 1 saturated carbocycles. The molecule has 0 heterocycles. The number of methoxy groups -OCH3 is 2. The molecule has 26 heavy (non-hydrogen) atoms. The van der Waals surface area contributed by atoms with Gasteiger partial charge in [0, 0.05) is 6.54 Å². The molecule has 0 atom stereocenters. The molecule has 5 nitrogen and oxygen atoms in total. The predicted molar refractivity (Wildman–Crippen MR) is 102 cm³/mol. The summed E-state index contributed by atoms with van der Waals surface area (Å²) in [5, 5.41) is 6.09. The predicted octanol–water partition coefficient (Wildman–Crippen LogP) is 3.54. The third kappa shape index (κ3) is 4.10. The standard InChI is InChI=1S/C21H26N2O3/c1-15-4-7-17(8-5-15)21(11-12-21)23-20(24)22-13-10-16-6-9-18(25-2)19(14-16)26-3/h4-9,14H,10-13H2,1-3H3,(H2,22,23,24). The van der Waals surface area contributed by atoms with Crippen LogP contribution in [0.1, 0.15) is 29.5 Å². The maximum atomic E-state index is 12.3. The van der Waals surface area contributed by atoms with E-state index >= 15 is 0 Å². The van der Waals surface area contributed by atoms with Gasteiger partial charge in [-0.1, -0.05) is 35.9 Å². The zero-order chi connectivity index (χ0) is 18.6. The highest BCUT2D eigenvalue weighted by molar-refractivity contribution is 5.75. The fraction of sp³-hybridized carbons (Fsp3) is 0.381. The fourth-order valence-electron chi connectivity index (χ4n) is 3.10. The Kier molecular flexibility index (Phi) is 5.35. The molecular formula is C21H26N2O3. The van der Waals surface area contributed by atoms with E-state index in [-0.39, 0.29) is 11.6 Å². The number of carbonyl (C=O) groups excluding carboxylic acids is 1. The van der Waals surface area contributed by atoms with Gasteiger partial charge in [-0.15, -0.1) is 0 Å². The van der Waals surface area contributed by atoms with Crippen molar-refractivity contribution < 1.29 is 14.3 Å². The highest BCUT2D eigenvalue weighted by Crippen LogP contribution is 2.45. The molecule has 5 heteroatoms. The van der Waals surface area contributed by atoms with Crippen molar-refractivity contribution in [2.24, 2.45) is 0 Å². The van der Waals surface area contributed by atoms with Crippen LogP contribution in [0.4, 0.5) is 4.79 Å². The molecule has 0 bridgehead atoms. The lowest BCUT2D eigenvalue weighted by atomic mass is 10.0. The quantitative estimate of drug-likeness (QED) is 0.799. The Labute approximate surface area is 154 Å². The van der Waals surface area contributed by atoms with Gasteiger partial charge in [-0.25, -0.2) is 4.79 Å². The first kappa shape index (κ1) is 18.1. The van der Waals surface area contributed by atoms with Gasteiger partial charge >= 0.3 is 6.03 Å². The van der Waals surface area contributed by atoms with Gasteiger partial charge < -0.3 is 20.1 Å². The van der Waals surface area contributed by atoms with Gasteiger partial charge in [0.25, 0.3) is 0 Å². The lowest BCUT2D eigenvalue weighted by Gasteiger charge is -2.19. The van der Waals surface area contributed by atoms with Gasteiger partial charge in [0.05, 0.1) is 19.8 Å². The molecule has 138 valence electrons. The van der Waals surface area contributed by atoms with Gasteiger partial charge in [0.15, 0.2) is 11.5 Å². The first-order chi connectivity index (χ1) is 12.6. The van der Waals surface area contributed by atoms with E-state index in [1.165, 1.54) is 11.1 Å². The van der Waals surface area contributed by atoms with Crippen LogP contribution >= 0.6 is 0 Å². The van der Waals surface area contributed by atoms with E-state index in [9.17, 15) is 4.79 Å². The van der Waals surface area contributed by atoms with Crippen LogP contribution < -0.4 is 20.1 Å². The third-order valence-corrected chi connectivity index (χ3v) is 4.85. The van der Waals surface area contributed by atoms with E-state index in [1.54, 1.807) is 14.2 Å². The summed E-state index contributed by atoms with van der Waals surface area (Å²) in [6.45, 7) is 2.63. The van der Waals surface area contributed by atoms with E-state index < -0.39 is 0 Å². The Morgan fingerprint density at radius 1 is 1.04 bits per heavy atom. The molecule has 2 aromatic rings. The summed E-state index contributed by atoms with van der Waals surface area (Å²) < 4.78 is 10.6. The highest BCUT2D eigenvalue weighted by Gasteiger charge is 2.45. The number of benzene rings is 2. The second-order valence-corrected chi connectivity index (χ2v) is 6.77. The van der Waals surface area contributed by atoms with Crippen LogP contribution in [0.3, 0.4) is 0 Å². The second kappa shape index (κ2) is 7.68. The van der Waals surface area contributed by atoms with Crippen LogP contribution in [-0.4, -0.2) is 26.8 Å². The number of hydrogen-bond acceptors (Lipinski definition) is 3. The number of nitrogens with one attached hydrogen (secondary N) is 2. The molecule has 2 aromatic carbocycles. The molecule has 1 aliphatic rings. The van der Waals surface area contributed by atoms with Crippen molar-refractivity contribution in [3.63, 3.8) is 0 Å². The number of carbonyl (C=O) groups is 1. The fourth-order valence-corrected chi connectivity index (χ4v) is 3.10. The minimum atomic E-state index is -0.193. The average Bonchev–Trinajstić information content (AvgIpc) is 3.42. The van der Waals surface area contributed by atoms with E-state index in [0.717, 1.165) is 24.8 Å². The molecular weight excluding hydrogens is 328 g/mol. The van der Waals surface area contributed by atoms with E-state index in [4.69, 9.17) is 9.47 Å². The average molecular weight is 354 g/mol. The Balaban J connectivity index is 1.51. The minimum absolute atomic E-state index is 0.122. The molecule has 2 amide bonds. The molecule has 0 spiro atoms. The Hall–Kier alpha value is -2.69. The van der Waals surface area contributed by atoms with Gasteiger partial charge in [0.2, 0.25) is 0 Å². The molecule has 0 aromatic heterocycles. The summed E-state index contributed by atoms with van der Waals surface area (Å²) in [6, 6.07) is 14.1. The van der Waals surface area contributed by atoms with Crippen LogP contribution in [0, 0.1) is 6.92 Å². The van der Waals surface area contributed by atoms with Gasteiger partial charge in [-0.05, 0) is 49.4 Å². The summed E-state index contributed by atoms with van der Waals surface area (Å²) in [6.07, 6.45) is 2.70. The minimum Gasteiger partial charge on any atom is -0.493 e. The number of aryl methyl sites for hydroxylation is 1. The summed E-state index contributed by atoms with van der Waals surface area (Å²) in [5.41, 5.74) is 3.30. The van der Waals surface area contributed by atoms with Crippen molar-refractivity contribution in [2.45, 2.75) is 31.7 Å². The van der Waals surface area contributed by atoms with Crippen LogP contribution in [-0.2, 0) is 12.0 Å². The molecule has 1 aliphatic carbocycles. The number of ether oxygens (including phenoxy) is 2. The van der Waals surface area contributed by atoms with Gasteiger partial charge in [0.1, 0.15) is 0 Å². The Bertz CT molecular complexity index is 767.